The standard InChI is InChI=1S/C21H19Cl2N3O3S/c1-3-10-25-17(12-19(27)24-14-6-4-13(22)5-7-14)20(28)26(21(25)30)15-8-9-18(29-2)16(23)11-15/h3-9,11,17H,1,10,12H2,2H3,(H,24,27)/t17-/m1/s1. The maximum Gasteiger partial charge on any atom is 0.256 e. The summed E-state index contributed by atoms with van der Waals surface area (Å²) in [5.41, 5.74) is 1.09. The first-order valence-corrected chi connectivity index (χ1v) is 10.2. The van der Waals surface area contributed by atoms with Crippen LogP contribution in [0.2, 0.25) is 10.0 Å². The number of nitrogens with one attached hydrogen (secondary N) is 1. The first kappa shape index (κ1) is 22.1. The Morgan fingerprint density at radius 1 is 1.27 bits per heavy atom. The molecule has 0 spiro atoms. The number of rotatable bonds is 7. The SMILES string of the molecule is C=CCN1C(=S)N(c2ccc(OC)c(Cl)c2)C(=O)[C@H]1CC(=O)Nc1ccc(Cl)cc1. The lowest BCUT2D eigenvalue weighted by Crippen LogP contribution is -2.37. The minimum absolute atomic E-state index is 0.0736. The van der Waals surface area contributed by atoms with Crippen molar-refractivity contribution >= 4 is 63.7 Å². The van der Waals surface area contributed by atoms with Crippen LogP contribution >= 0.6 is 35.4 Å². The van der Waals surface area contributed by atoms with Crippen LogP contribution in [-0.2, 0) is 9.59 Å². The predicted molar refractivity (Wildman–Crippen MR) is 123 cm³/mol. The number of thiocarbonyl (C=S) groups is 1. The molecule has 1 fully saturated rings. The molecular formula is C21H19Cl2N3O3S. The number of amides is 2. The second kappa shape index (κ2) is 9.47. The van der Waals surface area contributed by atoms with E-state index in [0.29, 0.717) is 33.7 Å². The maximum atomic E-state index is 13.2. The van der Waals surface area contributed by atoms with Gasteiger partial charge in [0.2, 0.25) is 5.91 Å². The van der Waals surface area contributed by atoms with E-state index in [2.05, 4.69) is 11.9 Å². The van der Waals surface area contributed by atoms with E-state index in [1.807, 2.05) is 0 Å². The third kappa shape index (κ3) is 4.59. The summed E-state index contributed by atoms with van der Waals surface area (Å²) < 4.78 is 5.16. The first-order valence-electron chi connectivity index (χ1n) is 9.00. The van der Waals surface area contributed by atoms with Gasteiger partial charge in [0.15, 0.2) is 5.11 Å². The van der Waals surface area contributed by atoms with Gasteiger partial charge in [0.05, 0.1) is 24.2 Å². The summed E-state index contributed by atoms with van der Waals surface area (Å²) in [4.78, 5) is 28.8. The average Bonchev–Trinajstić information content (AvgIpc) is 2.94. The largest absolute Gasteiger partial charge is 0.495 e. The quantitative estimate of drug-likeness (QED) is 0.483. The number of carbonyl (C=O) groups is 2. The normalized spacial score (nSPS) is 16.0. The lowest BCUT2D eigenvalue weighted by atomic mass is 10.1. The van der Waals surface area contributed by atoms with Crippen molar-refractivity contribution in [2.75, 3.05) is 23.9 Å². The third-order valence-corrected chi connectivity index (χ3v) is 5.51. The predicted octanol–water partition coefficient (Wildman–Crippen LogP) is 4.52. The molecule has 156 valence electrons. The van der Waals surface area contributed by atoms with E-state index >= 15 is 0 Å². The van der Waals surface area contributed by atoms with Gasteiger partial charge in [0.1, 0.15) is 11.8 Å². The summed E-state index contributed by atoms with van der Waals surface area (Å²) in [6, 6.07) is 10.9. The Labute approximate surface area is 190 Å². The van der Waals surface area contributed by atoms with E-state index < -0.39 is 6.04 Å². The molecule has 3 rings (SSSR count). The Hall–Kier alpha value is -2.61. The number of hydrogen-bond acceptors (Lipinski definition) is 4. The molecule has 1 atom stereocenters. The number of nitrogens with zero attached hydrogens (tertiary/aromatic N) is 2. The molecule has 1 aliphatic rings. The van der Waals surface area contributed by atoms with Crippen LogP contribution in [0, 0.1) is 0 Å². The molecule has 1 aliphatic heterocycles. The summed E-state index contributed by atoms with van der Waals surface area (Å²) in [5.74, 6) is -0.142. The Balaban J connectivity index is 1.82. The summed E-state index contributed by atoms with van der Waals surface area (Å²) in [5, 5.41) is 3.97. The van der Waals surface area contributed by atoms with Gasteiger partial charge in [0.25, 0.3) is 5.91 Å². The molecule has 0 bridgehead atoms. The van der Waals surface area contributed by atoms with Gasteiger partial charge in [-0.3, -0.25) is 14.5 Å². The second-order valence-electron chi connectivity index (χ2n) is 6.49. The number of ether oxygens (including phenoxy) is 1. The number of halogens is 2. The van der Waals surface area contributed by atoms with E-state index in [4.69, 9.17) is 40.2 Å². The molecular weight excluding hydrogens is 445 g/mol. The summed E-state index contributed by atoms with van der Waals surface area (Å²) in [7, 11) is 1.51. The molecule has 2 aromatic carbocycles. The van der Waals surface area contributed by atoms with Gasteiger partial charge in [-0.2, -0.15) is 0 Å². The van der Waals surface area contributed by atoms with Crippen molar-refractivity contribution in [2.45, 2.75) is 12.5 Å². The zero-order valence-corrected chi connectivity index (χ0v) is 18.4. The number of benzene rings is 2. The molecule has 1 heterocycles. The van der Waals surface area contributed by atoms with Crippen LogP contribution in [0.25, 0.3) is 0 Å². The fraction of sp³-hybridized carbons (Fsp3) is 0.190. The number of methoxy groups -OCH3 is 1. The minimum atomic E-state index is -0.760. The van der Waals surface area contributed by atoms with Gasteiger partial charge in [-0.15, -0.1) is 6.58 Å². The first-order chi connectivity index (χ1) is 14.3. The van der Waals surface area contributed by atoms with Crippen LogP contribution in [0.3, 0.4) is 0 Å². The lowest BCUT2D eigenvalue weighted by molar-refractivity contribution is -0.124. The highest BCUT2D eigenvalue weighted by molar-refractivity contribution is 7.80. The molecule has 6 nitrogen and oxygen atoms in total. The lowest BCUT2D eigenvalue weighted by Gasteiger charge is -2.22. The number of anilines is 2. The number of hydrogen-bond donors (Lipinski definition) is 1. The number of carbonyl (C=O) groups excluding carboxylic acids is 2. The third-order valence-electron chi connectivity index (χ3n) is 4.54. The topological polar surface area (TPSA) is 61.9 Å². The average molecular weight is 464 g/mol. The van der Waals surface area contributed by atoms with E-state index in [1.165, 1.54) is 12.0 Å². The van der Waals surface area contributed by atoms with Crippen LogP contribution in [0.15, 0.2) is 55.1 Å². The summed E-state index contributed by atoms with van der Waals surface area (Å²) in [6.45, 7) is 4.05. The van der Waals surface area contributed by atoms with Crippen LogP contribution in [-0.4, -0.2) is 41.5 Å². The second-order valence-corrected chi connectivity index (χ2v) is 7.70. The van der Waals surface area contributed by atoms with Crippen LogP contribution < -0.4 is 15.0 Å². The molecule has 1 saturated heterocycles. The van der Waals surface area contributed by atoms with Gasteiger partial charge in [-0.05, 0) is 54.7 Å². The maximum absolute atomic E-state index is 13.2. The molecule has 9 heteroatoms. The van der Waals surface area contributed by atoms with E-state index in [0.717, 1.165) is 0 Å². The van der Waals surface area contributed by atoms with Crippen molar-refractivity contribution in [3.05, 3.63) is 65.2 Å². The van der Waals surface area contributed by atoms with Gasteiger partial charge in [-0.1, -0.05) is 29.3 Å². The van der Waals surface area contributed by atoms with Crippen molar-refractivity contribution in [3.63, 3.8) is 0 Å². The van der Waals surface area contributed by atoms with Gasteiger partial charge >= 0.3 is 0 Å². The monoisotopic (exact) mass is 463 g/mol. The zero-order chi connectivity index (χ0) is 21.8. The molecule has 1 N–H and O–H groups in total. The molecule has 2 amide bonds. The Kier molecular flexibility index (Phi) is 6.97. The molecule has 30 heavy (non-hydrogen) atoms. The van der Waals surface area contributed by atoms with Gasteiger partial charge < -0.3 is 15.0 Å². The van der Waals surface area contributed by atoms with E-state index in [-0.39, 0.29) is 23.3 Å². The fourth-order valence-electron chi connectivity index (χ4n) is 3.13. The highest BCUT2D eigenvalue weighted by Crippen LogP contribution is 2.33. The molecule has 0 saturated carbocycles. The van der Waals surface area contributed by atoms with Crippen LogP contribution in [0.4, 0.5) is 11.4 Å². The van der Waals surface area contributed by atoms with Crippen molar-refractivity contribution in [3.8, 4) is 5.75 Å². The summed E-state index contributed by atoms with van der Waals surface area (Å²) >= 11 is 17.6. The van der Waals surface area contributed by atoms with Crippen molar-refractivity contribution < 1.29 is 14.3 Å². The molecule has 0 aliphatic carbocycles. The van der Waals surface area contributed by atoms with Gasteiger partial charge in [0, 0.05) is 17.3 Å². The highest BCUT2D eigenvalue weighted by Gasteiger charge is 2.43. The smallest absolute Gasteiger partial charge is 0.256 e. The van der Waals surface area contributed by atoms with Crippen molar-refractivity contribution in [1.82, 2.24) is 4.90 Å². The summed E-state index contributed by atoms with van der Waals surface area (Å²) in [6.07, 6.45) is 1.56. The Bertz CT molecular complexity index is 997. The fourth-order valence-corrected chi connectivity index (χ4v) is 3.91. The van der Waals surface area contributed by atoms with E-state index in [9.17, 15) is 9.59 Å². The van der Waals surface area contributed by atoms with Crippen LogP contribution in [0.1, 0.15) is 6.42 Å². The highest BCUT2D eigenvalue weighted by atomic mass is 35.5. The Morgan fingerprint density at radius 2 is 1.97 bits per heavy atom. The molecule has 2 aromatic rings. The van der Waals surface area contributed by atoms with Crippen molar-refractivity contribution in [2.24, 2.45) is 0 Å². The van der Waals surface area contributed by atoms with E-state index in [1.54, 1.807) is 53.4 Å². The van der Waals surface area contributed by atoms with Crippen LogP contribution in [0.5, 0.6) is 5.75 Å². The molecule has 0 unspecified atom stereocenters. The van der Waals surface area contributed by atoms with Crippen molar-refractivity contribution in [1.29, 1.82) is 0 Å². The minimum Gasteiger partial charge on any atom is -0.495 e. The molecule has 0 radical (unpaired) electrons. The zero-order valence-electron chi connectivity index (χ0n) is 16.1. The Morgan fingerprint density at radius 3 is 2.57 bits per heavy atom. The molecule has 0 aromatic heterocycles. The van der Waals surface area contributed by atoms with Gasteiger partial charge in [-0.25, -0.2) is 0 Å².